The van der Waals surface area contributed by atoms with Crippen molar-refractivity contribution in [2.45, 2.75) is 26.5 Å². The molecule has 0 aliphatic heterocycles. The van der Waals surface area contributed by atoms with Gasteiger partial charge in [0.2, 0.25) is 0 Å². The van der Waals surface area contributed by atoms with Gasteiger partial charge in [0.05, 0.1) is 17.4 Å². The molecular formula is C20H20N2O4. The molecule has 3 aromatic rings. The Morgan fingerprint density at radius 3 is 2.77 bits per heavy atom. The molecule has 26 heavy (non-hydrogen) atoms. The van der Waals surface area contributed by atoms with E-state index >= 15 is 0 Å². The first-order valence-corrected chi connectivity index (χ1v) is 8.34. The van der Waals surface area contributed by atoms with Crippen LogP contribution in [0.1, 0.15) is 23.1 Å². The Kier molecular flexibility index (Phi) is 5.14. The van der Waals surface area contributed by atoms with Crippen LogP contribution in [0.15, 0.2) is 53.3 Å². The maximum Gasteiger partial charge on any atom is 0.261 e. The third-order valence-electron chi connectivity index (χ3n) is 4.13. The average Bonchev–Trinajstić information content (AvgIpc) is 2.63. The molecule has 134 valence electrons. The van der Waals surface area contributed by atoms with Gasteiger partial charge in [-0.1, -0.05) is 24.3 Å². The van der Waals surface area contributed by atoms with E-state index in [0.29, 0.717) is 28.0 Å². The lowest BCUT2D eigenvalue weighted by Crippen LogP contribution is -2.32. The Balaban J connectivity index is 1.73. The molecule has 0 saturated carbocycles. The number of fused-ring (bicyclic) bond motifs is 1. The second-order valence-corrected chi connectivity index (χ2v) is 6.14. The van der Waals surface area contributed by atoms with Gasteiger partial charge in [0.25, 0.3) is 5.56 Å². The molecule has 0 aliphatic carbocycles. The number of benzene rings is 2. The van der Waals surface area contributed by atoms with Crippen molar-refractivity contribution in [1.82, 2.24) is 9.55 Å². The second-order valence-electron chi connectivity index (χ2n) is 6.14. The molecule has 1 N–H and O–H groups in total. The van der Waals surface area contributed by atoms with E-state index in [9.17, 15) is 14.7 Å². The molecular weight excluding hydrogens is 332 g/mol. The van der Waals surface area contributed by atoms with Crippen molar-refractivity contribution < 1.29 is 14.6 Å². The van der Waals surface area contributed by atoms with Crippen LogP contribution in [-0.2, 0) is 6.54 Å². The number of aryl methyl sites for hydroxylation is 1. The number of rotatable bonds is 6. The van der Waals surface area contributed by atoms with E-state index in [2.05, 4.69) is 4.98 Å². The van der Waals surface area contributed by atoms with Crippen molar-refractivity contribution in [3.05, 3.63) is 70.3 Å². The summed E-state index contributed by atoms with van der Waals surface area (Å²) in [6.07, 6.45) is -0.893. The summed E-state index contributed by atoms with van der Waals surface area (Å²) in [5.74, 6) is 0.976. The predicted octanol–water partition coefficient (Wildman–Crippen LogP) is 2.35. The molecule has 1 aromatic heterocycles. The lowest BCUT2D eigenvalue weighted by molar-refractivity contribution is 0.0907. The van der Waals surface area contributed by atoms with Crippen LogP contribution in [0.5, 0.6) is 5.75 Å². The van der Waals surface area contributed by atoms with E-state index in [1.165, 1.54) is 11.5 Å². The molecule has 6 nitrogen and oxygen atoms in total. The van der Waals surface area contributed by atoms with Crippen molar-refractivity contribution in [1.29, 1.82) is 0 Å². The number of Topliss-reactive ketones (excluding diaryl/α,β-unsaturated/α-hetero) is 1. The van der Waals surface area contributed by atoms with Crippen LogP contribution in [-0.4, -0.2) is 33.2 Å². The highest BCUT2D eigenvalue weighted by atomic mass is 16.5. The zero-order chi connectivity index (χ0) is 18.7. The third-order valence-corrected chi connectivity index (χ3v) is 4.13. The monoisotopic (exact) mass is 352 g/mol. The molecule has 0 unspecified atom stereocenters. The van der Waals surface area contributed by atoms with Gasteiger partial charge in [-0.2, -0.15) is 0 Å². The number of hydrogen-bond donors (Lipinski definition) is 1. The molecule has 0 aliphatic rings. The zero-order valence-electron chi connectivity index (χ0n) is 14.7. The number of aromatic nitrogens is 2. The Morgan fingerprint density at radius 1 is 1.23 bits per heavy atom. The molecule has 0 fully saturated rings. The number of para-hydroxylation sites is 1. The summed E-state index contributed by atoms with van der Waals surface area (Å²) in [6, 6.07) is 13.9. The van der Waals surface area contributed by atoms with Gasteiger partial charge in [-0.05, 0) is 38.1 Å². The third kappa shape index (κ3) is 3.81. The number of carbonyl (C=O) groups is 1. The largest absolute Gasteiger partial charge is 0.491 e. The molecule has 3 rings (SSSR count). The van der Waals surface area contributed by atoms with Gasteiger partial charge in [0, 0.05) is 5.56 Å². The fourth-order valence-electron chi connectivity index (χ4n) is 2.75. The highest BCUT2D eigenvalue weighted by molar-refractivity contribution is 5.94. The molecule has 6 heteroatoms. The normalized spacial score (nSPS) is 12.1. The van der Waals surface area contributed by atoms with Crippen LogP contribution in [0.3, 0.4) is 0 Å². The number of aliphatic hydroxyl groups excluding tert-OH is 1. The number of carbonyl (C=O) groups excluding carboxylic acids is 1. The fraction of sp³-hybridized carbons (Fsp3) is 0.250. The topological polar surface area (TPSA) is 81.4 Å². The fourth-order valence-corrected chi connectivity index (χ4v) is 2.75. The van der Waals surface area contributed by atoms with Crippen LogP contribution >= 0.6 is 0 Å². The minimum Gasteiger partial charge on any atom is -0.491 e. The van der Waals surface area contributed by atoms with E-state index < -0.39 is 6.10 Å². The lowest BCUT2D eigenvalue weighted by Gasteiger charge is -2.16. The van der Waals surface area contributed by atoms with Gasteiger partial charge in [0.1, 0.15) is 24.3 Å². The summed E-state index contributed by atoms with van der Waals surface area (Å²) in [5, 5.41) is 10.8. The Morgan fingerprint density at radius 2 is 2.00 bits per heavy atom. The van der Waals surface area contributed by atoms with Crippen LogP contribution in [0.4, 0.5) is 0 Å². The van der Waals surface area contributed by atoms with Crippen molar-refractivity contribution in [2.24, 2.45) is 0 Å². The predicted molar refractivity (Wildman–Crippen MR) is 98.7 cm³/mol. The number of aliphatic hydroxyl groups is 1. The van der Waals surface area contributed by atoms with Crippen LogP contribution in [0, 0.1) is 6.92 Å². The molecule has 0 radical (unpaired) electrons. The zero-order valence-corrected chi connectivity index (χ0v) is 14.7. The van der Waals surface area contributed by atoms with Crippen LogP contribution in [0.2, 0.25) is 0 Å². The molecule has 1 heterocycles. The molecule has 0 saturated heterocycles. The summed E-state index contributed by atoms with van der Waals surface area (Å²) >= 11 is 0. The van der Waals surface area contributed by atoms with E-state index in [1.54, 1.807) is 49.4 Å². The van der Waals surface area contributed by atoms with Crippen molar-refractivity contribution in [3.8, 4) is 5.75 Å². The summed E-state index contributed by atoms with van der Waals surface area (Å²) in [4.78, 5) is 28.4. The van der Waals surface area contributed by atoms with Crippen LogP contribution < -0.4 is 10.3 Å². The minimum absolute atomic E-state index is 0.0000644. The first kappa shape index (κ1) is 17.8. The van der Waals surface area contributed by atoms with E-state index in [0.717, 1.165) is 0 Å². The minimum atomic E-state index is -0.893. The van der Waals surface area contributed by atoms with Gasteiger partial charge in [-0.15, -0.1) is 0 Å². The molecule has 0 amide bonds. The number of nitrogens with zero attached hydrogens (tertiary/aromatic N) is 2. The van der Waals surface area contributed by atoms with Gasteiger partial charge >= 0.3 is 0 Å². The molecule has 0 spiro atoms. The van der Waals surface area contributed by atoms with E-state index in [1.807, 2.05) is 6.07 Å². The maximum atomic E-state index is 12.6. The standard InChI is InChI=1S/C20H20N2O4/c1-13(23)15-6-5-7-17(10-15)26-12-16(24)11-22-14(2)21-19-9-4-3-8-18(19)20(22)25/h3-10,16,24H,11-12H2,1-2H3/t16-/m0/s1. The Hall–Kier alpha value is -2.99. The molecule has 0 bridgehead atoms. The summed E-state index contributed by atoms with van der Waals surface area (Å²) in [7, 11) is 0. The molecule has 1 atom stereocenters. The smallest absolute Gasteiger partial charge is 0.261 e. The highest BCUT2D eigenvalue weighted by Gasteiger charge is 2.13. The van der Waals surface area contributed by atoms with E-state index in [-0.39, 0.29) is 24.5 Å². The highest BCUT2D eigenvalue weighted by Crippen LogP contribution is 2.14. The quantitative estimate of drug-likeness (QED) is 0.689. The van der Waals surface area contributed by atoms with Crippen molar-refractivity contribution in [2.75, 3.05) is 6.61 Å². The lowest BCUT2D eigenvalue weighted by atomic mass is 10.1. The second kappa shape index (κ2) is 7.49. The SMILES string of the molecule is CC(=O)c1cccc(OC[C@@H](O)Cn2c(C)nc3ccccc3c2=O)c1. The van der Waals surface area contributed by atoms with Crippen LogP contribution in [0.25, 0.3) is 10.9 Å². The summed E-state index contributed by atoms with van der Waals surface area (Å²) < 4.78 is 7.01. The Labute approximate surface area is 150 Å². The van der Waals surface area contributed by atoms with Crippen molar-refractivity contribution in [3.63, 3.8) is 0 Å². The number of ketones is 1. The molecule has 2 aromatic carbocycles. The Bertz CT molecular complexity index is 1010. The summed E-state index contributed by atoms with van der Waals surface area (Å²) in [5.41, 5.74) is 0.992. The van der Waals surface area contributed by atoms with Gasteiger partial charge in [0.15, 0.2) is 5.78 Å². The van der Waals surface area contributed by atoms with Gasteiger partial charge in [-0.25, -0.2) is 4.98 Å². The number of hydrogen-bond acceptors (Lipinski definition) is 5. The first-order chi connectivity index (χ1) is 12.5. The maximum absolute atomic E-state index is 12.6. The van der Waals surface area contributed by atoms with E-state index in [4.69, 9.17) is 4.74 Å². The number of ether oxygens (including phenoxy) is 1. The summed E-state index contributed by atoms with van der Waals surface area (Å²) in [6.45, 7) is 3.29. The van der Waals surface area contributed by atoms with Crippen molar-refractivity contribution >= 4 is 16.7 Å². The average molecular weight is 352 g/mol. The first-order valence-electron chi connectivity index (χ1n) is 8.34. The van der Waals surface area contributed by atoms with Gasteiger partial charge in [-0.3, -0.25) is 14.2 Å². The van der Waals surface area contributed by atoms with Gasteiger partial charge < -0.3 is 9.84 Å².